The number of ether oxygens (including phenoxy) is 2. The lowest BCUT2D eigenvalue weighted by Crippen LogP contribution is -2.08. The standard InChI is InChI=1S/C9H15N3O2/c1-3-13-4-5-14-8-6-7(2)11-9(10)12-8/h6H,3-5H2,1-2H3,(H2,10,11,12). The van der Waals surface area contributed by atoms with E-state index in [4.69, 9.17) is 15.2 Å². The van der Waals surface area contributed by atoms with E-state index in [0.29, 0.717) is 25.7 Å². The van der Waals surface area contributed by atoms with E-state index in [9.17, 15) is 0 Å². The smallest absolute Gasteiger partial charge is 0.223 e. The minimum atomic E-state index is 0.233. The van der Waals surface area contributed by atoms with Crippen molar-refractivity contribution >= 4 is 5.95 Å². The van der Waals surface area contributed by atoms with Crippen molar-refractivity contribution in [2.75, 3.05) is 25.6 Å². The zero-order valence-electron chi connectivity index (χ0n) is 8.49. The van der Waals surface area contributed by atoms with Gasteiger partial charge in [0.1, 0.15) is 6.61 Å². The van der Waals surface area contributed by atoms with Crippen LogP contribution >= 0.6 is 0 Å². The van der Waals surface area contributed by atoms with Crippen molar-refractivity contribution in [3.63, 3.8) is 0 Å². The molecule has 1 aromatic heterocycles. The lowest BCUT2D eigenvalue weighted by atomic mass is 10.4. The van der Waals surface area contributed by atoms with Gasteiger partial charge in [0.25, 0.3) is 0 Å². The molecule has 1 aromatic rings. The highest BCUT2D eigenvalue weighted by Crippen LogP contribution is 2.09. The van der Waals surface area contributed by atoms with Crippen LogP contribution in [0.1, 0.15) is 12.6 Å². The van der Waals surface area contributed by atoms with Crippen LogP contribution in [0.5, 0.6) is 5.88 Å². The predicted octanol–water partition coefficient (Wildman–Crippen LogP) is 0.783. The van der Waals surface area contributed by atoms with Crippen molar-refractivity contribution in [3.05, 3.63) is 11.8 Å². The van der Waals surface area contributed by atoms with Crippen molar-refractivity contribution in [2.45, 2.75) is 13.8 Å². The third-order valence-corrected chi connectivity index (χ3v) is 1.53. The van der Waals surface area contributed by atoms with Crippen molar-refractivity contribution in [3.8, 4) is 5.88 Å². The van der Waals surface area contributed by atoms with Gasteiger partial charge in [-0.3, -0.25) is 0 Å². The van der Waals surface area contributed by atoms with Crippen molar-refractivity contribution in [1.29, 1.82) is 0 Å². The fourth-order valence-corrected chi connectivity index (χ4v) is 0.985. The molecule has 14 heavy (non-hydrogen) atoms. The van der Waals surface area contributed by atoms with Gasteiger partial charge in [0.2, 0.25) is 11.8 Å². The van der Waals surface area contributed by atoms with E-state index < -0.39 is 0 Å². The van der Waals surface area contributed by atoms with Gasteiger partial charge in [-0.05, 0) is 13.8 Å². The first-order chi connectivity index (χ1) is 6.72. The molecule has 0 atom stereocenters. The van der Waals surface area contributed by atoms with Gasteiger partial charge in [-0.15, -0.1) is 0 Å². The second-order valence-corrected chi connectivity index (χ2v) is 2.75. The Kier molecular flexibility index (Phi) is 4.12. The Morgan fingerprint density at radius 1 is 1.36 bits per heavy atom. The molecule has 0 bridgehead atoms. The molecule has 0 aliphatic heterocycles. The van der Waals surface area contributed by atoms with Crippen molar-refractivity contribution in [1.82, 2.24) is 9.97 Å². The number of nitrogens with two attached hydrogens (primary N) is 1. The van der Waals surface area contributed by atoms with Gasteiger partial charge in [0.05, 0.1) is 6.61 Å². The van der Waals surface area contributed by atoms with E-state index >= 15 is 0 Å². The molecule has 0 radical (unpaired) electrons. The predicted molar refractivity (Wildman–Crippen MR) is 53.2 cm³/mol. The highest BCUT2D eigenvalue weighted by Gasteiger charge is 1.99. The second kappa shape index (κ2) is 5.39. The van der Waals surface area contributed by atoms with Crippen LogP contribution in [0.15, 0.2) is 6.07 Å². The molecular weight excluding hydrogens is 182 g/mol. The highest BCUT2D eigenvalue weighted by molar-refractivity contribution is 5.25. The monoisotopic (exact) mass is 197 g/mol. The molecule has 0 aromatic carbocycles. The maximum absolute atomic E-state index is 5.46. The van der Waals surface area contributed by atoms with E-state index in [2.05, 4.69) is 9.97 Å². The zero-order valence-corrected chi connectivity index (χ0v) is 8.49. The topological polar surface area (TPSA) is 70.3 Å². The fraction of sp³-hybridized carbons (Fsp3) is 0.556. The summed E-state index contributed by atoms with van der Waals surface area (Å²) < 4.78 is 10.4. The maximum atomic E-state index is 5.46. The third kappa shape index (κ3) is 3.57. The second-order valence-electron chi connectivity index (χ2n) is 2.75. The van der Waals surface area contributed by atoms with Gasteiger partial charge < -0.3 is 15.2 Å². The lowest BCUT2D eigenvalue weighted by Gasteiger charge is -2.05. The number of nitrogens with zero attached hydrogens (tertiary/aromatic N) is 2. The average Bonchev–Trinajstić information content (AvgIpc) is 2.11. The number of hydrogen-bond donors (Lipinski definition) is 1. The summed E-state index contributed by atoms with van der Waals surface area (Å²) in [6.07, 6.45) is 0. The Bertz CT molecular complexity index is 271. The molecule has 0 aliphatic carbocycles. The summed E-state index contributed by atoms with van der Waals surface area (Å²) in [5, 5.41) is 0. The summed E-state index contributed by atoms with van der Waals surface area (Å²) in [5.74, 6) is 0.728. The molecule has 0 amide bonds. The number of hydrogen-bond acceptors (Lipinski definition) is 5. The highest BCUT2D eigenvalue weighted by atomic mass is 16.5. The number of rotatable bonds is 5. The minimum Gasteiger partial charge on any atom is -0.475 e. The summed E-state index contributed by atoms with van der Waals surface area (Å²) in [5.41, 5.74) is 6.25. The normalized spacial score (nSPS) is 10.1. The van der Waals surface area contributed by atoms with Gasteiger partial charge in [-0.1, -0.05) is 0 Å². The van der Waals surface area contributed by atoms with Crippen LogP contribution in [0, 0.1) is 6.92 Å². The van der Waals surface area contributed by atoms with Crippen LogP contribution in [0.3, 0.4) is 0 Å². The van der Waals surface area contributed by atoms with Crippen LogP contribution in [0.2, 0.25) is 0 Å². The Hall–Kier alpha value is -1.36. The van der Waals surface area contributed by atoms with Gasteiger partial charge in [0, 0.05) is 18.4 Å². The zero-order chi connectivity index (χ0) is 10.4. The molecule has 0 aliphatic rings. The van der Waals surface area contributed by atoms with Gasteiger partial charge >= 0.3 is 0 Å². The first kappa shape index (κ1) is 10.7. The quantitative estimate of drug-likeness (QED) is 0.706. The SMILES string of the molecule is CCOCCOc1cc(C)nc(N)n1. The Balaban J connectivity index is 2.42. The fourth-order valence-electron chi connectivity index (χ4n) is 0.985. The van der Waals surface area contributed by atoms with Gasteiger partial charge in [-0.25, -0.2) is 4.98 Å². The molecule has 2 N–H and O–H groups in total. The average molecular weight is 197 g/mol. The van der Waals surface area contributed by atoms with Crippen molar-refractivity contribution in [2.24, 2.45) is 0 Å². The third-order valence-electron chi connectivity index (χ3n) is 1.53. The van der Waals surface area contributed by atoms with E-state index in [1.54, 1.807) is 6.07 Å². The van der Waals surface area contributed by atoms with E-state index in [0.717, 1.165) is 5.69 Å². The molecule has 0 saturated carbocycles. The van der Waals surface area contributed by atoms with E-state index in [1.807, 2.05) is 13.8 Å². The van der Waals surface area contributed by atoms with E-state index in [-0.39, 0.29) is 5.95 Å². The summed E-state index contributed by atoms with van der Waals surface area (Å²) >= 11 is 0. The minimum absolute atomic E-state index is 0.233. The molecule has 5 heteroatoms. The number of aryl methyl sites for hydroxylation is 1. The number of anilines is 1. The first-order valence-corrected chi connectivity index (χ1v) is 4.54. The van der Waals surface area contributed by atoms with Crippen molar-refractivity contribution < 1.29 is 9.47 Å². The Morgan fingerprint density at radius 2 is 2.14 bits per heavy atom. The van der Waals surface area contributed by atoms with Crippen LogP contribution in [0.25, 0.3) is 0 Å². The largest absolute Gasteiger partial charge is 0.475 e. The van der Waals surface area contributed by atoms with Crippen LogP contribution < -0.4 is 10.5 Å². The molecule has 78 valence electrons. The summed E-state index contributed by atoms with van der Waals surface area (Å²) in [6, 6.07) is 1.74. The van der Waals surface area contributed by atoms with Crippen LogP contribution in [0.4, 0.5) is 5.95 Å². The molecule has 0 saturated heterocycles. The molecule has 1 rings (SSSR count). The van der Waals surface area contributed by atoms with Crippen LogP contribution in [-0.2, 0) is 4.74 Å². The molecule has 5 nitrogen and oxygen atoms in total. The van der Waals surface area contributed by atoms with E-state index in [1.165, 1.54) is 0 Å². The molecule has 0 fully saturated rings. The Morgan fingerprint density at radius 3 is 2.79 bits per heavy atom. The van der Waals surface area contributed by atoms with Crippen LogP contribution in [-0.4, -0.2) is 29.8 Å². The molecule has 0 spiro atoms. The number of nitrogen functional groups attached to an aromatic ring is 1. The number of aromatic nitrogens is 2. The lowest BCUT2D eigenvalue weighted by molar-refractivity contribution is 0.108. The molecule has 0 unspecified atom stereocenters. The Labute approximate surface area is 83.3 Å². The molecular formula is C9H15N3O2. The maximum Gasteiger partial charge on any atom is 0.223 e. The first-order valence-electron chi connectivity index (χ1n) is 4.54. The summed E-state index contributed by atoms with van der Waals surface area (Å²) in [6.45, 7) is 5.50. The summed E-state index contributed by atoms with van der Waals surface area (Å²) in [7, 11) is 0. The van der Waals surface area contributed by atoms with Gasteiger partial charge in [0.15, 0.2) is 0 Å². The summed E-state index contributed by atoms with van der Waals surface area (Å²) in [4.78, 5) is 7.85. The van der Waals surface area contributed by atoms with Gasteiger partial charge in [-0.2, -0.15) is 4.98 Å². The molecule has 1 heterocycles.